The molecule has 1 aromatic carbocycles. The average Bonchev–Trinajstić information content (AvgIpc) is 2.46. The van der Waals surface area contributed by atoms with Gasteiger partial charge in [-0.2, -0.15) is 5.26 Å². The van der Waals surface area contributed by atoms with Crippen LogP contribution in [0.15, 0.2) is 0 Å². The minimum Gasteiger partial charge on any atom is -0.775 e. The zero-order chi connectivity index (χ0) is 15.4. The van der Waals surface area contributed by atoms with E-state index in [0.29, 0.717) is 0 Å². The monoisotopic (exact) mass is 277 g/mol. The molecule has 20 heavy (non-hydrogen) atoms. The van der Waals surface area contributed by atoms with E-state index in [1.54, 1.807) is 0 Å². The van der Waals surface area contributed by atoms with Crippen LogP contribution in [0.2, 0.25) is 0 Å². The van der Waals surface area contributed by atoms with Crippen molar-refractivity contribution in [3.05, 3.63) is 62.6 Å². The molecule has 0 fully saturated rings. The first-order valence-electron chi connectivity index (χ1n) is 4.71. The fraction of sp³-hybridized carbons (Fsp3) is 0.0833. The summed E-state index contributed by atoms with van der Waals surface area (Å²) in [7, 11) is 0. The van der Waals surface area contributed by atoms with Crippen molar-refractivity contribution < 1.29 is 17.6 Å². The Morgan fingerprint density at radius 2 is 1.60 bits per heavy atom. The molecule has 0 aliphatic rings. The van der Waals surface area contributed by atoms with E-state index in [0.717, 1.165) is 5.87 Å². The molecule has 0 aliphatic carbocycles. The van der Waals surface area contributed by atoms with Crippen molar-refractivity contribution in [1.82, 2.24) is 0 Å². The molecule has 1 rings (SSSR count). The van der Waals surface area contributed by atoms with Crippen LogP contribution in [0.5, 0.6) is 0 Å². The second kappa shape index (κ2) is 5.67. The minimum atomic E-state index is -2.08. The lowest BCUT2D eigenvalue weighted by molar-refractivity contribution is 0.436. The third-order valence-electron chi connectivity index (χ3n) is 2.28. The van der Waals surface area contributed by atoms with Gasteiger partial charge < -0.3 is 5.41 Å². The fourth-order valence-electron chi connectivity index (χ4n) is 1.39. The van der Waals surface area contributed by atoms with Gasteiger partial charge in [0.05, 0.1) is 12.1 Å². The molecule has 98 valence electrons. The summed E-state index contributed by atoms with van der Waals surface area (Å²) in [6.45, 7) is 13.1. The Morgan fingerprint density at radius 1 is 1.10 bits per heavy atom. The highest BCUT2D eigenvalue weighted by molar-refractivity contribution is 5.95. The maximum atomic E-state index is 13.7. The van der Waals surface area contributed by atoms with E-state index in [-0.39, 0.29) is 0 Å². The van der Waals surface area contributed by atoms with Gasteiger partial charge in [0.15, 0.2) is 29.3 Å². The van der Waals surface area contributed by atoms with Crippen molar-refractivity contribution in [3.8, 4) is 6.07 Å². The van der Waals surface area contributed by atoms with Crippen LogP contribution in [0.25, 0.3) is 20.8 Å². The molecule has 0 saturated heterocycles. The lowest BCUT2D eigenvalue weighted by Crippen LogP contribution is -2.09. The third kappa shape index (κ3) is 2.10. The molecule has 4 nitrogen and oxygen atoms in total. The van der Waals surface area contributed by atoms with Gasteiger partial charge in [0.25, 0.3) is 0 Å². The summed E-state index contributed by atoms with van der Waals surface area (Å²) in [4.78, 5) is 5.00. The maximum absolute atomic E-state index is 13.7. The minimum absolute atomic E-state index is 1.10. The van der Waals surface area contributed by atoms with E-state index in [1.807, 2.05) is 0 Å². The predicted molar refractivity (Wildman–Crippen MR) is 59.6 cm³/mol. The summed E-state index contributed by atoms with van der Waals surface area (Å²) in [5.41, 5.74) is -4.02. The van der Waals surface area contributed by atoms with Crippen LogP contribution >= 0.6 is 0 Å². The van der Waals surface area contributed by atoms with Crippen molar-refractivity contribution in [2.75, 3.05) is 0 Å². The number of hydrogen-bond acceptors (Lipinski definition) is 1. The molecule has 8 heteroatoms. The summed E-state index contributed by atoms with van der Waals surface area (Å²) in [6, 6.07) is -0.896. The average molecular weight is 277 g/mol. The van der Waals surface area contributed by atoms with Crippen LogP contribution in [0.1, 0.15) is 17.2 Å². The quantitative estimate of drug-likeness (QED) is 0.354. The summed E-state index contributed by atoms with van der Waals surface area (Å²) in [6.07, 6.45) is 0. The van der Waals surface area contributed by atoms with Crippen LogP contribution in [0.4, 0.5) is 17.6 Å². The lowest BCUT2D eigenvalue weighted by Gasteiger charge is -2.09. The van der Waals surface area contributed by atoms with Gasteiger partial charge in [-0.3, -0.25) is 10.7 Å². The Bertz CT molecular complexity index is 715. The number of benzene rings is 1. The molecular formula is C12HF4N4-. The molecular weight excluding hydrogens is 276 g/mol. The molecule has 0 amide bonds. The van der Waals surface area contributed by atoms with Gasteiger partial charge in [-0.1, -0.05) is 0 Å². The Labute approximate surface area is 110 Å². The van der Waals surface area contributed by atoms with Crippen molar-refractivity contribution >= 4 is 11.6 Å². The molecule has 1 atom stereocenters. The highest BCUT2D eigenvalue weighted by atomic mass is 19.2. The molecule has 0 saturated carbocycles. The van der Waals surface area contributed by atoms with E-state index in [1.165, 1.54) is 6.07 Å². The first-order chi connectivity index (χ1) is 9.44. The van der Waals surface area contributed by atoms with Gasteiger partial charge in [0, 0.05) is 0 Å². The van der Waals surface area contributed by atoms with Gasteiger partial charge in [0.1, 0.15) is 5.56 Å². The van der Waals surface area contributed by atoms with E-state index < -0.39 is 46.1 Å². The zero-order valence-electron chi connectivity index (χ0n) is 9.38. The van der Waals surface area contributed by atoms with Crippen LogP contribution in [0.3, 0.4) is 0 Å². The van der Waals surface area contributed by atoms with Crippen LogP contribution in [-0.2, 0) is 0 Å². The molecule has 0 aromatic heterocycles. The Kier molecular flexibility index (Phi) is 4.23. The second-order valence-corrected chi connectivity index (χ2v) is 3.28. The first-order valence-corrected chi connectivity index (χ1v) is 4.71. The normalized spacial score (nSPS) is 10.7. The van der Waals surface area contributed by atoms with E-state index in [9.17, 15) is 17.6 Å². The summed E-state index contributed by atoms with van der Waals surface area (Å²) in [5, 5.41) is 17.0. The highest BCUT2D eigenvalue weighted by Crippen LogP contribution is 2.33. The fourth-order valence-corrected chi connectivity index (χ4v) is 1.39. The first kappa shape index (κ1) is 14.9. The number of rotatable bonds is 2. The van der Waals surface area contributed by atoms with E-state index in [4.69, 9.17) is 23.8 Å². The van der Waals surface area contributed by atoms with Crippen LogP contribution < -0.4 is 0 Å². The molecule has 0 heterocycles. The molecule has 0 spiro atoms. The van der Waals surface area contributed by atoms with Gasteiger partial charge in [-0.25, -0.2) is 29.0 Å². The van der Waals surface area contributed by atoms with Crippen LogP contribution in [0, 0.1) is 47.7 Å². The maximum Gasteiger partial charge on any atom is 0.338 e. The van der Waals surface area contributed by atoms with Gasteiger partial charge in [0.2, 0.25) is 5.70 Å². The lowest BCUT2D eigenvalue weighted by atomic mass is 10.0. The SMILES string of the molecule is [C-]#[N+]C(=C=[N-])c1c(F)c(F)c(C(C#N)[N+]#[C-])c(F)c1F. The summed E-state index contributed by atoms with van der Waals surface area (Å²) in [5.74, 6) is -6.82. The van der Waals surface area contributed by atoms with Gasteiger partial charge in [-0.05, 0) is 0 Å². The van der Waals surface area contributed by atoms with E-state index >= 15 is 0 Å². The Balaban J connectivity index is 3.88. The number of hydrogen-bond donors (Lipinski definition) is 0. The molecule has 1 unspecified atom stereocenters. The molecule has 0 radical (unpaired) electrons. The summed E-state index contributed by atoms with van der Waals surface area (Å²) >= 11 is 0. The third-order valence-corrected chi connectivity index (χ3v) is 2.28. The van der Waals surface area contributed by atoms with Gasteiger partial charge >= 0.3 is 6.04 Å². The van der Waals surface area contributed by atoms with Crippen molar-refractivity contribution in [1.29, 1.82) is 5.26 Å². The van der Waals surface area contributed by atoms with E-state index in [2.05, 4.69) is 9.69 Å². The summed E-state index contributed by atoms with van der Waals surface area (Å²) < 4.78 is 54.6. The van der Waals surface area contributed by atoms with Crippen LogP contribution in [-0.4, -0.2) is 5.87 Å². The van der Waals surface area contributed by atoms with Crippen molar-refractivity contribution in [2.45, 2.75) is 6.04 Å². The molecule has 0 aliphatic heterocycles. The predicted octanol–water partition coefficient (Wildman–Crippen LogP) is 3.23. The Hall–Kier alpha value is -3.14. The molecule has 0 bridgehead atoms. The highest BCUT2D eigenvalue weighted by Gasteiger charge is 2.33. The second-order valence-electron chi connectivity index (χ2n) is 3.28. The molecule has 0 N–H and O–H groups in total. The Morgan fingerprint density at radius 3 is 1.90 bits per heavy atom. The largest absolute Gasteiger partial charge is 0.775 e. The zero-order valence-corrected chi connectivity index (χ0v) is 9.38. The smallest absolute Gasteiger partial charge is 0.338 e. The van der Waals surface area contributed by atoms with Crippen molar-refractivity contribution in [2.24, 2.45) is 0 Å². The topological polar surface area (TPSA) is 54.8 Å². The van der Waals surface area contributed by atoms with Crippen molar-refractivity contribution in [3.63, 3.8) is 0 Å². The number of nitriles is 1. The number of halogens is 4. The number of nitrogens with zero attached hydrogens (tertiary/aromatic N) is 4. The molecule has 1 aromatic rings. The standard InChI is InChI=1S/C12HF4N4/c1-19-5(3-17)7-9(13)11(15)8(6(4-18)20-2)12(16)10(7)14/h5H/q-1. The van der Waals surface area contributed by atoms with Gasteiger partial charge in [-0.15, -0.1) is 0 Å².